The molecular weight excluding hydrogens is 556 g/mol. The van der Waals surface area contributed by atoms with E-state index in [4.69, 9.17) is 18.9 Å². The molecule has 0 spiro atoms. The average molecular weight is 601 g/mol. The van der Waals surface area contributed by atoms with Crippen LogP contribution in [-0.2, 0) is 16.0 Å². The summed E-state index contributed by atoms with van der Waals surface area (Å²) in [4.78, 5) is 36.2. The van der Waals surface area contributed by atoms with Crippen LogP contribution < -0.4 is 14.2 Å². The number of rotatable bonds is 20. The predicted molar refractivity (Wildman–Crippen MR) is 171 cm³/mol. The Labute approximate surface area is 261 Å². The zero-order valence-electron chi connectivity index (χ0n) is 25.8. The van der Waals surface area contributed by atoms with E-state index >= 15 is 0 Å². The highest BCUT2D eigenvalue weighted by molar-refractivity contribution is 5.92. The third-order valence-electron chi connectivity index (χ3n) is 7.06. The molecule has 234 valence electrons. The lowest BCUT2D eigenvalue weighted by atomic mass is 10.0. The van der Waals surface area contributed by atoms with Crippen LogP contribution in [0.2, 0.25) is 0 Å². The van der Waals surface area contributed by atoms with Crippen molar-refractivity contribution in [3.8, 4) is 17.2 Å². The number of esters is 3. The van der Waals surface area contributed by atoms with Crippen molar-refractivity contribution in [1.29, 1.82) is 0 Å². The molecule has 44 heavy (non-hydrogen) atoms. The fraction of sp³-hybridized carbons (Fsp3) is 0.378. The van der Waals surface area contributed by atoms with Crippen LogP contribution in [0.5, 0.6) is 17.2 Å². The zero-order valence-corrected chi connectivity index (χ0v) is 25.8. The Kier molecular flexibility index (Phi) is 15.3. The van der Waals surface area contributed by atoms with E-state index in [1.165, 1.54) is 56.9 Å². The summed E-state index contributed by atoms with van der Waals surface area (Å²) in [7, 11) is 0. The summed E-state index contributed by atoms with van der Waals surface area (Å²) in [6.07, 6.45) is 13.9. The van der Waals surface area contributed by atoms with Crippen molar-refractivity contribution < 1.29 is 33.3 Å². The first-order valence-electron chi connectivity index (χ1n) is 15.6. The minimum atomic E-state index is -0.525. The van der Waals surface area contributed by atoms with E-state index in [1.54, 1.807) is 48.5 Å². The van der Waals surface area contributed by atoms with Crippen LogP contribution in [0.3, 0.4) is 0 Å². The standard InChI is InChI=1S/C37H44O7/c1-3-5-6-7-8-9-10-11-14-29-15-21-33(22-16-29)43-37(40)31-19-25-34(26-20-31)44-36(39)30-17-23-32(24-18-30)41-27-12-13-28-42-35(38)4-2/h4,15-26H,2-3,5-14,27-28H2,1H3. The summed E-state index contributed by atoms with van der Waals surface area (Å²) in [5.41, 5.74) is 1.96. The Morgan fingerprint density at radius 3 is 1.61 bits per heavy atom. The van der Waals surface area contributed by atoms with E-state index in [2.05, 4.69) is 13.5 Å². The molecule has 0 amide bonds. The van der Waals surface area contributed by atoms with Crippen LogP contribution in [-0.4, -0.2) is 31.1 Å². The van der Waals surface area contributed by atoms with Crippen molar-refractivity contribution in [3.63, 3.8) is 0 Å². The van der Waals surface area contributed by atoms with Crippen LogP contribution in [0.4, 0.5) is 0 Å². The van der Waals surface area contributed by atoms with E-state index in [0.29, 0.717) is 54.4 Å². The van der Waals surface area contributed by atoms with Gasteiger partial charge in [-0.05, 0) is 91.9 Å². The van der Waals surface area contributed by atoms with Crippen molar-refractivity contribution >= 4 is 17.9 Å². The van der Waals surface area contributed by atoms with Gasteiger partial charge in [0.2, 0.25) is 0 Å². The van der Waals surface area contributed by atoms with Gasteiger partial charge in [0.15, 0.2) is 0 Å². The second-order valence-electron chi connectivity index (χ2n) is 10.6. The highest BCUT2D eigenvalue weighted by Crippen LogP contribution is 2.20. The van der Waals surface area contributed by atoms with Crippen molar-refractivity contribution in [2.24, 2.45) is 0 Å². The highest BCUT2D eigenvalue weighted by atomic mass is 16.5. The van der Waals surface area contributed by atoms with E-state index in [-0.39, 0.29) is 0 Å². The largest absolute Gasteiger partial charge is 0.494 e. The molecule has 0 saturated heterocycles. The lowest BCUT2D eigenvalue weighted by Gasteiger charge is -2.09. The van der Waals surface area contributed by atoms with Gasteiger partial charge >= 0.3 is 17.9 Å². The molecule has 0 heterocycles. The summed E-state index contributed by atoms with van der Waals surface area (Å²) in [6, 6.07) is 20.6. The molecule has 3 rings (SSSR count). The van der Waals surface area contributed by atoms with E-state index in [1.807, 2.05) is 24.3 Å². The first kappa shape index (κ1) is 34.1. The van der Waals surface area contributed by atoms with E-state index in [9.17, 15) is 14.4 Å². The number of ether oxygens (including phenoxy) is 4. The number of hydrogen-bond acceptors (Lipinski definition) is 7. The number of unbranched alkanes of at least 4 members (excludes halogenated alkanes) is 8. The van der Waals surface area contributed by atoms with Crippen LogP contribution in [0.25, 0.3) is 0 Å². The number of hydrogen-bond donors (Lipinski definition) is 0. The Morgan fingerprint density at radius 2 is 1.07 bits per heavy atom. The average Bonchev–Trinajstić information content (AvgIpc) is 3.05. The smallest absolute Gasteiger partial charge is 0.343 e. The fourth-order valence-electron chi connectivity index (χ4n) is 4.49. The Bertz CT molecular complexity index is 1300. The molecule has 3 aromatic rings. The summed E-state index contributed by atoms with van der Waals surface area (Å²) >= 11 is 0. The lowest BCUT2D eigenvalue weighted by Crippen LogP contribution is -2.10. The van der Waals surface area contributed by atoms with Gasteiger partial charge in [0.05, 0.1) is 24.3 Å². The van der Waals surface area contributed by atoms with Gasteiger partial charge in [0.25, 0.3) is 0 Å². The van der Waals surface area contributed by atoms with Crippen LogP contribution in [0.15, 0.2) is 85.5 Å². The second kappa shape index (κ2) is 19.7. The summed E-state index contributed by atoms with van der Waals surface area (Å²) < 4.78 is 21.5. The highest BCUT2D eigenvalue weighted by Gasteiger charge is 2.12. The molecule has 0 aliphatic carbocycles. The van der Waals surface area contributed by atoms with Gasteiger partial charge in [-0.1, -0.05) is 70.6 Å². The molecule has 0 saturated carbocycles. The van der Waals surface area contributed by atoms with Gasteiger partial charge in [-0.2, -0.15) is 0 Å². The molecule has 0 N–H and O–H groups in total. The number of carbonyl (C=O) groups is 3. The van der Waals surface area contributed by atoms with Crippen LogP contribution in [0, 0.1) is 0 Å². The van der Waals surface area contributed by atoms with Crippen molar-refractivity contribution in [2.45, 2.75) is 77.6 Å². The Hall–Kier alpha value is -4.39. The van der Waals surface area contributed by atoms with Gasteiger partial charge < -0.3 is 18.9 Å². The first-order valence-corrected chi connectivity index (χ1v) is 15.6. The third kappa shape index (κ3) is 12.9. The zero-order chi connectivity index (χ0) is 31.4. The van der Waals surface area contributed by atoms with Crippen molar-refractivity contribution in [1.82, 2.24) is 0 Å². The SMILES string of the molecule is C=CC(=O)OCCCCOc1ccc(C(=O)Oc2ccc(C(=O)Oc3ccc(CCCCCCCCCC)cc3)cc2)cc1. The quantitative estimate of drug-likeness (QED) is 0.0555. The molecule has 3 aromatic carbocycles. The Morgan fingerprint density at radius 1 is 0.591 bits per heavy atom. The molecule has 0 unspecified atom stereocenters. The number of carbonyl (C=O) groups excluding carboxylic acids is 3. The second-order valence-corrected chi connectivity index (χ2v) is 10.6. The molecule has 7 heteroatoms. The molecule has 0 aliphatic rings. The van der Waals surface area contributed by atoms with Crippen LogP contribution in [0.1, 0.15) is 97.4 Å². The van der Waals surface area contributed by atoms with E-state index in [0.717, 1.165) is 12.5 Å². The maximum Gasteiger partial charge on any atom is 0.343 e. The van der Waals surface area contributed by atoms with Gasteiger partial charge in [0.1, 0.15) is 17.2 Å². The maximum atomic E-state index is 12.6. The molecular formula is C37H44O7. The molecule has 0 atom stereocenters. The monoisotopic (exact) mass is 600 g/mol. The molecule has 0 aromatic heterocycles. The van der Waals surface area contributed by atoms with Gasteiger partial charge in [-0.3, -0.25) is 0 Å². The van der Waals surface area contributed by atoms with Crippen molar-refractivity contribution in [3.05, 3.63) is 102 Å². The summed E-state index contributed by atoms with van der Waals surface area (Å²) in [6.45, 7) is 6.36. The van der Waals surface area contributed by atoms with E-state index < -0.39 is 17.9 Å². The first-order chi connectivity index (χ1) is 21.5. The van der Waals surface area contributed by atoms with Crippen LogP contribution >= 0.6 is 0 Å². The third-order valence-corrected chi connectivity index (χ3v) is 7.06. The number of benzene rings is 3. The molecule has 0 fully saturated rings. The van der Waals surface area contributed by atoms with Gasteiger partial charge in [0, 0.05) is 6.08 Å². The normalized spacial score (nSPS) is 10.6. The topological polar surface area (TPSA) is 88.1 Å². The molecule has 7 nitrogen and oxygen atoms in total. The lowest BCUT2D eigenvalue weighted by molar-refractivity contribution is -0.137. The van der Waals surface area contributed by atoms with Gasteiger partial charge in [-0.25, -0.2) is 14.4 Å². The fourth-order valence-corrected chi connectivity index (χ4v) is 4.49. The predicted octanol–water partition coefficient (Wildman–Crippen LogP) is 8.70. The van der Waals surface area contributed by atoms with Gasteiger partial charge in [-0.15, -0.1) is 0 Å². The number of aryl methyl sites for hydroxylation is 1. The minimum absolute atomic E-state index is 0.314. The summed E-state index contributed by atoms with van der Waals surface area (Å²) in [5, 5.41) is 0. The maximum absolute atomic E-state index is 12.6. The van der Waals surface area contributed by atoms with Crippen molar-refractivity contribution in [2.75, 3.05) is 13.2 Å². The molecule has 0 aliphatic heterocycles. The molecule has 0 radical (unpaired) electrons. The minimum Gasteiger partial charge on any atom is -0.494 e. The molecule has 0 bridgehead atoms. The summed E-state index contributed by atoms with van der Waals surface area (Å²) in [5.74, 6) is -0.0194. The Balaban J connectivity index is 1.36.